The Labute approximate surface area is 173 Å². The molecule has 5 nitrogen and oxygen atoms in total. The molecule has 1 unspecified atom stereocenters. The lowest BCUT2D eigenvalue weighted by Gasteiger charge is -2.20. The Morgan fingerprint density at radius 1 is 1.03 bits per heavy atom. The summed E-state index contributed by atoms with van der Waals surface area (Å²) >= 11 is 0. The van der Waals surface area contributed by atoms with Crippen molar-refractivity contribution in [2.24, 2.45) is 0 Å². The van der Waals surface area contributed by atoms with Gasteiger partial charge in [0.25, 0.3) is 11.8 Å². The Bertz CT molecular complexity index is 823. The summed E-state index contributed by atoms with van der Waals surface area (Å²) in [5, 5.41) is 5.69. The third kappa shape index (κ3) is 6.63. The molecule has 0 spiro atoms. The average molecular weight is 397 g/mol. The molecule has 0 bridgehead atoms. The normalized spacial score (nSPS) is 12.2. The maximum atomic E-state index is 12.6. The highest BCUT2D eigenvalue weighted by Crippen LogP contribution is 2.25. The molecule has 0 aliphatic heterocycles. The molecular formula is C24H32N2O3. The number of amides is 2. The number of nitrogens with one attached hydrogen (secondary N) is 2. The summed E-state index contributed by atoms with van der Waals surface area (Å²) in [4.78, 5) is 25.0. The van der Waals surface area contributed by atoms with E-state index in [0.717, 1.165) is 12.8 Å². The van der Waals surface area contributed by atoms with Crippen LogP contribution < -0.4 is 15.4 Å². The van der Waals surface area contributed by atoms with E-state index in [-0.39, 0.29) is 17.2 Å². The lowest BCUT2D eigenvalue weighted by atomic mass is 9.87. The first kappa shape index (κ1) is 22.5. The Morgan fingerprint density at radius 3 is 2.31 bits per heavy atom. The molecule has 156 valence electrons. The number of carbonyl (C=O) groups is 2. The number of hydrogen-bond acceptors (Lipinski definition) is 3. The van der Waals surface area contributed by atoms with Crippen molar-refractivity contribution < 1.29 is 14.3 Å². The quantitative estimate of drug-likeness (QED) is 0.622. The fourth-order valence-corrected chi connectivity index (χ4v) is 2.79. The Balaban J connectivity index is 2.02. The van der Waals surface area contributed by atoms with Crippen LogP contribution >= 0.6 is 0 Å². The zero-order valence-electron chi connectivity index (χ0n) is 18.0. The van der Waals surface area contributed by atoms with Gasteiger partial charge in [-0.1, -0.05) is 58.4 Å². The molecule has 2 aromatic rings. The van der Waals surface area contributed by atoms with Crippen molar-refractivity contribution in [1.82, 2.24) is 5.32 Å². The number of carbonyl (C=O) groups excluding carboxylic acids is 2. The van der Waals surface area contributed by atoms with Crippen LogP contribution in [0.2, 0.25) is 0 Å². The number of hydrogen-bond donors (Lipinski definition) is 2. The van der Waals surface area contributed by atoms with E-state index in [1.165, 1.54) is 5.56 Å². The fourth-order valence-electron chi connectivity index (χ4n) is 2.79. The van der Waals surface area contributed by atoms with Gasteiger partial charge in [0, 0.05) is 6.54 Å². The third-order valence-electron chi connectivity index (χ3n) is 4.65. The maximum absolute atomic E-state index is 12.6. The van der Waals surface area contributed by atoms with Gasteiger partial charge in [-0.15, -0.1) is 0 Å². The molecule has 2 aromatic carbocycles. The van der Waals surface area contributed by atoms with Crippen molar-refractivity contribution in [3.05, 3.63) is 59.7 Å². The molecule has 2 amide bonds. The van der Waals surface area contributed by atoms with Gasteiger partial charge in [0.2, 0.25) is 0 Å². The molecule has 1 atom stereocenters. The summed E-state index contributed by atoms with van der Waals surface area (Å²) in [6, 6.07) is 14.8. The molecular weight excluding hydrogens is 364 g/mol. The number of unbranched alkanes of at least 4 members (excludes halogenated alkanes) is 1. The fraction of sp³-hybridized carbons (Fsp3) is 0.417. The lowest BCUT2D eigenvalue weighted by molar-refractivity contribution is -0.122. The highest BCUT2D eigenvalue weighted by molar-refractivity contribution is 6.04. The van der Waals surface area contributed by atoms with Crippen LogP contribution in [0.5, 0.6) is 5.75 Å². The van der Waals surface area contributed by atoms with Crippen LogP contribution in [0.3, 0.4) is 0 Å². The van der Waals surface area contributed by atoms with E-state index in [2.05, 4.69) is 38.3 Å². The predicted octanol–water partition coefficient (Wildman–Crippen LogP) is 4.92. The largest absolute Gasteiger partial charge is 0.481 e. The smallest absolute Gasteiger partial charge is 0.265 e. The summed E-state index contributed by atoms with van der Waals surface area (Å²) < 4.78 is 5.78. The van der Waals surface area contributed by atoms with Crippen molar-refractivity contribution in [3.63, 3.8) is 0 Å². The second-order valence-electron chi connectivity index (χ2n) is 8.18. The monoisotopic (exact) mass is 396 g/mol. The van der Waals surface area contributed by atoms with Gasteiger partial charge in [-0.05, 0) is 48.6 Å². The van der Waals surface area contributed by atoms with E-state index in [1.54, 1.807) is 31.2 Å². The third-order valence-corrected chi connectivity index (χ3v) is 4.65. The lowest BCUT2D eigenvalue weighted by Crippen LogP contribution is -2.32. The highest BCUT2D eigenvalue weighted by Gasteiger charge is 2.19. The molecule has 0 fully saturated rings. The van der Waals surface area contributed by atoms with E-state index in [4.69, 9.17) is 4.74 Å². The minimum Gasteiger partial charge on any atom is -0.481 e. The minimum atomic E-state index is -0.702. The molecule has 0 heterocycles. The molecule has 29 heavy (non-hydrogen) atoms. The van der Waals surface area contributed by atoms with Crippen LogP contribution in [0.25, 0.3) is 0 Å². The number of para-hydroxylation sites is 1. The van der Waals surface area contributed by atoms with Gasteiger partial charge in [-0.3, -0.25) is 9.59 Å². The van der Waals surface area contributed by atoms with Gasteiger partial charge in [-0.2, -0.15) is 0 Å². The standard InChI is InChI=1S/C24H32N2O3/c1-6-7-16-25-23(28)20-10-8-9-11-21(20)26-22(27)17(2)29-19-14-12-18(13-15-19)24(3,4)5/h8-15,17H,6-7,16H2,1-5H3,(H,25,28)(H,26,27). The Morgan fingerprint density at radius 2 is 1.69 bits per heavy atom. The molecule has 0 radical (unpaired) electrons. The van der Waals surface area contributed by atoms with Crippen molar-refractivity contribution in [3.8, 4) is 5.75 Å². The van der Waals surface area contributed by atoms with Crippen molar-refractivity contribution in [2.75, 3.05) is 11.9 Å². The first-order valence-corrected chi connectivity index (χ1v) is 10.2. The minimum absolute atomic E-state index is 0.0585. The topological polar surface area (TPSA) is 67.4 Å². The summed E-state index contributed by atoms with van der Waals surface area (Å²) in [6.07, 6.45) is 1.22. The van der Waals surface area contributed by atoms with E-state index < -0.39 is 6.10 Å². The van der Waals surface area contributed by atoms with Gasteiger partial charge < -0.3 is 15.4 Å². The molecule has 2 N–H and O–H groups in total. The van der Waals surface area contributed by atoms with Crippen LogP contribution in [0.4, 0.5) is 5.69 Å². The van der Waals surface area contributed by atoms with Crippen LogP contribution in [0, 0.1) is 0 Å². The molecule has 2 rings (SSSR count). The van der Waals surface area contributed by atoms with Crippen molar-refractivity contribution in [2.45, 2.75) is 59.0 Å². The second-order valence-corrected chi connectivity index (χ2v) is 8.18. The van der Waals surface area contributed by atoms with Gasteiger partial charge in [-0.25, -0.2) is 0 Å². The maximum Gasteiger partial charge on any atom is 0.265 e. The molecule has 5 heteroatoms. The molecule has 0 aromatic heterocycles. The summed E-state index contributed by atoms with van der Waals surface area (Å²) in [6.45, 7) is 10.8. The van der Waals surface area contributed by atoms with E-state index in [1.807, 2.05) is 24.3 Å². The van der Waals surface area contributed by atoms with Crippen LogP contribution in [-0.4, -0.2) is 24.5 Å². The number of rotatable bonds is 8. The Hall–Kier alpha value is -2.82. The highest BCUT2D eigenvalue weighted by atomic mass is 16.5. The van der Waals surface area contributed by atoms with Crippen LogP contribution in [-0.2, 0) is 10.2 Å². The number of ether oxygens (including phenoxy) is 1. The summed E-state index contributed by atoms with van der Waals surface area (Å²) in [5.41, 5.74) is 2.18. The zero-order valence-corrected chi connectivity index (χ0v) is 18.0. The average Bonchev–Trinajstić information content (AvgIpc) is 2.68. The van der Waals surface area contributed by atoms with Gasteiger partial charge in [0.05, 0.1) is 11.3 Å². The van der Waals surface area contributed by atoms with Crippen molar-refractivity contribution in [1.29, 1.82) is 0 Å². The second kappa shape index (κ2) is 10.1. The van der Waals surface area contributed by atoms with E-state index in [9.17, 15) is 9.59 Å². The predicted molar refractivity (Wildman–Crippen MR) is 118 cm³/mol. The molecule has 0 saturated heterocycles. The number of benzene rings is 2. The van der Waals surface area contributed by atoms with Gasteiger partial charge in [0.1, 0.15) is 5.75 Å². The Kier molecular flexibility index (Phi) is 7.82. The van der Waals surface area contributed by atoms with Gasteiger partial charge >= 0.3 is 0 Å². The van der Waals surface area contributed by atoms with E-state index >= 15 is 0 Å². The summed E-state index contributed by atoms with van der Waals surface area (Å²) in [5.74, 6) is 0.130. The van der Waals surface area contributed by atoms with Crippen LogP contribution in [0.1, 0.15) is 63.4 Å². The summed E-state index contributed by atoms with van der Waals surface area (Å²) in [7, 11) is 0. The zero-order chi connectivity index (χ0) is 21.4. The first-order chi connectivity index (χ1) is 13.7. The molecule has 0 aliphatic carbocycles. The van der Waals surface area contributed by atoms with Gasteiger partial charge in [0.15, 0.2) is 6.10 Å². The van der Waals surface area contributed by atoms with Crippen LogP contribution in [0.15, 0.2) is 48.5 Å². The van der Waals surface area contributed by atoms with Crippen molar-refractivity contribution >= 4 is 17.5 Å². The van der Waals surface area contributed by atoms with E-state index in [0.29, 0.717) is 23.5 Å². The first-order valence-electron chi connectivity index (χ1n) is 10.2. The molecule has 0 saturated carbocycles. The SMILES string of the molecule is CCCCNC(=O)c1ccccc1NC(=O)C(C)Oc1ccc(C(C)(C)C)cc1. The molecule has 0 aliphatic rings. The number of anilines is 1.